The van der Waals surface area contributed by atoms with Gasteiger partial charge in [-0.1, -0.05) is 48.9 Å². The Labute approximate surface area is 191 Å². The van der Waals surface area contributed by atoms with Crippen LogP contribution in [-0.4, -0.2) is 54.3 Å². The number of hydrogen-bond acceptors (Lipinski definition) is 3. The van der Waals surface area contributed by atoms with E-state index in [1.165, 1.54) is 11.1 Å². The van der Waals surface area contributed by atoms with Crippen LogP contribution in [0.1, 0.15) is 30.0 Å². The Morgan fingerprint density at radius 1 is 1.13 bits per heavy atom. The Kier molecular flexibility index (Phi) is 8.94. The Hall–Kier alpha value is -1.66. The van der Waals surface area contributed by atoms with Crippen molar-refractivity contribution in [2.24, 2.45) is 0 Å². The van der Waals surface area contributed by atoms with Crippen molar-refractivity contribution in [1.29, 1.82) is 0 Å². The number of nitrogens with one attached hydrogen (secondary N) is 1. The summed E-state index contributed by atoms with van der Waals surface area (Å²) in [5, 5.41) is 4.77. The van der Waals surface area contributed by atoms with E-state index in [9.17, 15) is 0 Å². The van der Waals surface area contributed by atoms with Crippen LogP contribution >= 0.6 is 23.8 Å². The van der Waals surface area contributed by atoms with Gasteiger partial charge in [0, 0.05) is 32.7 Å². The Balaban J connectivity index is 1.66. The molecule has 0 saturated carbocycles. The van der Waals surface area contributed by atoms with E-state index in [0.717, 1.165) is 70.0 Å². The van der Waals surface area contributed by atoms with Gasteiger partial charge in [0.2, 0.25) is 0 Å². The summed E-state index contributed by atoms with van der Waals surface area (Å²) in [6.45, 7) is 10.7. The quantitative estimate of drug-likeness (QED) is 0.568. The number of benzene rings is 2. The highest BCUT2D eigenvalue weighted by Gasteiger charge is 2.15. The van der Waals surface area contributed by atoms with Gasteiger partial charge in [0.25, 0.3) is 0 Å². The second kappa shape index (κ2) is 11.7. The van der Waals surface area contributed by atoms with E-state index in [-0.39, 0.29) is 0 Å². The predicted molar refractivity (Wildman–Crippen MR) is 131 cm³/mol. The van der Waals surface area contributed by atoms with E-state index in [0.29, 0.717) is 10.1 Å². The molecule has 0 aromatic heterocycles. The Morgan fingerprint density at radius 2 is 1.83 bits per heavy atom. The van der Waals surface area contributed by atoms with E-state index in [4.69, 9.17) is 28.6 Å². The first-order valence-corrected chi connectivity index (χ1v) is 11.5. The second-order valence-electron chi connectivity index (χ2n) is 7.81. The fourth-order valence-corrected chi connectivity index (χ4v) is 4.02. The van der Waals surface area contributed by atoms with Crippen LogP contribution in [0.25, 0.3) is 0 Å². The fourth-order valence-electron chi connectivity index (χ4n) is 3.59. The Morgan fingerprint density at radius 3 is 2.53 bits per heavy atom. The zero-order chi connectivity index (χ0) is 21.3. The summed E-state index contributed by atoms with van der Waals surface area (Å²) in [7, 11) is 0. The number of anilines is 1. The molecule has 1 heterocycles. The average molecular weight is 446 g/mol. The van der Waals surface area contributed by atoms with Crippen molar-refractivity contribution in [3.05, 3.63) is 64.2 Å². The minimum atomic E-state index is 0.684. The largest absolute Gasteiger partial charge is 0.379 e. The molecule has 0 amide bonds. The molecule has 0 bridgehead atoms. The normalized spacial score (nSPS) is 14.5. The van der Waals surface area contributed by atoms with Crippen molar-refractivity contribution in [2.75, 3.05) is 44.7 Å². The fraction of sp³-hybridized carbons (Fsp3) is 0.458. The second-order valence-corrected chi connectivity index (χ2v) is 8.61. The first-order valence-electron chi connectivity index (χ1n) is 10.7. The molecule has 162 valence electrons. The number of hydrogen-bond donors (Lipinski definition) is 1. The molecular weight excluding hydrogens is 414 g/mol. The van der Waals surface area contributed by atoms with E-state index in [1.54, 1.807) is 0 Å². The average Bonchev–Trinajstić information content (AvgIpc) is 2.76. The van der Waals surface area contributed by atoms with Crippen LogP contribution in [0.5, 0.6) is 0 Å². The lowest BCUT2D eigenvalue weighted by Crippen LogP contribution is -2.40. The van der Waals surface area contributed by atoms with Crippen LogP contribution < -0.4 is 5.32 Å². The standard InChI is InChI=1S/C24H32ClN3OS/c1-3-20-6-8-21(9-7-20)18-28(12-4-11-27-13-15-29-16-14-27)24(30)26-23-17-19(2)5-10-22(23)25/h5-10,17H,3-4,11-16,18H2,1-2H3,(H,26,30). The van der Waals surface area contributed by atoms with Crippen LogP contribution in [0.3, 0.4) is 0 Å². The molecule has 1 saturated heterocycles. The molecule has 1 aliphatic rings. The molecule has 2 aromatic rings. The van der Waals surface area contributed by atoms with Crippen molar-refractivity contribution in [3.8, 4) is 0 Å². The van der Waals surface area contributed by atoms with Crippen LogP contribution in [0, 0.1) is 6.92 Å². The van der Waals surface area contributed by atoms with Gasteiger partial charge in [-0.05, 0) is 60.8 Å². The van der Waals surface area contributed by atoms with Crippen molar-refractivity contribution in [1.82, 2.24) is 9.80 Å². The molecule has 0 radical (unpaired) electrons. The topological polar surface area (TPSA) is 27.7 Å². The third-order valence-electron chi connectivity index (χ3n) is 5.46. The monoisotopic (exact) mass is 445 g/mol. The number of ether oxygens (including phenoxy) is 1. The Bertz CT molecular complexity index is 822. The van der Waals surface area contributed by atoms with Gasteiger partial charge in [-0.2, -0.15) is 0 Å². The van der Waals surface area contributed by atoms with E-state index < -0.39 is 0 Å². The molecule has 4 nitrogen and oxygen atoms in total. The predicted octanol–water partition coefficient (Wildman–Crippen LogP) is 5.13. The van der Waals surface area contributed by atoms with Crippen molar-refractivity contribution >= 4 is 34.6 Å². The van der Waals surface area contributed by atoms with Gasteiger partial charge in [0.05, 0.1) is 23.9 Å². The highest BCUT2D eigenvalue weighted by Crippen LogP contribution is 2.23. The van der Waals surface area contributed by atoms with Gasteiger partial charge in [0.1, 0.15) is 0 Å². The lowest BCUT2D eigenvalue weighted by Gasteiger charge is -2.30. The molecule has 0 aliphatic carbocycles. The molecule has 1 N–H and O–H groups in total. The van der Waals surface area contributed by atoms with E-state index >= 15 is 0 Å². The highest BCUT2D eigenvalue weighted by atomic mass is 35.5. The summed E-state index contributed by atoms with van der Waals surface area (Å²) in [5.74, 6) is 0. The molecule has 1 fully saturated rings. The van der Waals surface area contributed by atoms with Gasteiger partial charge in [0.15, 0.2) is 5.11 Å². The van der Waals surface area contributed by atoms with Crippen molar-refractivity contribution < 1.29 is 4.74 Å². The summed E-state index contributed by atoms with van der Waals surface area (Å²) in [5.41, 5.74) is 4.63. The summed E-state index contributed by atoms with van der Waals surface area (Å²) >= 11 is 12.2. The molecule has 1 aliphatic heterocycles. The summed E-state index contributed by atoms with van der Waals surface area (Å²) in [6, 6.07) is 14.8. The lowest BCUT2D eigenvalue weighted by atomic mass is 10.1. The van der Waals surface area contributed by atoms with Gasteiger partial charge >= 0.3 is 0 Å². The molecular formula is C24H32ClN3OS. The smallest absolute Gasteiger partial charge is 0.173 e. The van der Waals surface area contributed by atoms with Gasteiger partial charge in [-0.25, -0.2) is 0 Å². The highest BCUT2D eigenvalue weighted by molar-refractivity contribution is 7.80. The molecule has 6 heteroatoms. The third kappa shape index (κ3) is 6.95. The summed E-state index contributed by atoms with van der Waals surface area (Å²) in [6.07, 6.45) is 2.10. The first-order chi connectivity index (χ1) is 14.5. The molecule has 3 rings (SSSR count). The number of aryl methyl sites for hydroxylation is 2. The van der Waals surface area contributed by atoms with E-state index in [2.05, 4.69) is 53.2 Å². The van der Waals surface area contributed by atoms with Gasteiger partial charge < -0.3 is 15.0 Å². The number of halogens is 1. The lowest BCUT2D eigenvalue weighted by molar-refractivity contribution is 0.0368. The zero-order valence-corrected chi connectivity index (χ0v) is 19.6. The van der Waals surface area contributed by atoms with Gasteiger partial charge in [-0.15, -0.1) is 0 Å². The summed E-state index contributed by atoms with van der Waals surface area (Å²) < 4.78 is 5.46. The maximum absolute atomic E-state index is 6.39. The molecule has 30 heavy (non-hydrogen) atoms. The number of rotatable bonds is 8. The van der Waals surface area contributed by atoms with E-state index in [1.807, 2.05) is 18.2 Å². The number of morpholine rings is 1. The number of thiocarbonyl (C=S) groups is 1. The van der Waals surface area contributed by atoms with Crippen LogP contribution in [0.15, 0.2) is 42.5 Å². The molecule has 2 aromatic carbocycles. The maximum atomic E-state index is 6.39. The van der Waals surface area contributed by atoms with Gasteiger partial charge in [-0.3, -0.25) is 4.90 Å². The van der Waals surface area contributed by atoms with Crippen molar-refractivity contribution in [3.63, 3.8) is 0 Å². The maximum Gasteiger partial charge on any atom is 0.173 e. The zero-order valence-electron chi connectivity index (χ0n) is 18.0. The SMILES string of the molecule is CCc1ccc(CN(CCCN2CCOCC2)C(=S)Nc2cc(C)ccc2Cl)cc1. The third-order valence-corrected chi connectivity index (χ3v) is 6.15. The minimum Gasteiger partial charge on any atom is -0.379 e. The first kappa shape index (κ1) is 23.0. The van der Waals surface area contributed by atoms with Crippen molar-refractivity contribution in [2.45, 2.75) is 33.2 Å². The molecule has 0 atom stereocenters. The molecule has 0 spiro atoms. The van der Waals surface area contributed by atoms with Crippen LogP contribution in [0.2, 0.25) is 5.02 Å². The summed E-state index contributed by atoms with van der Waals surface area (Å²) in [4.78, 5) is 4.71. The number of nitrogens with zero attached hydrogens (tertiary/aromatic N) is 2. The minimum absolute atomic E-state index is 0.684. The molecule has 0 unspecified atom stereocenters. The van der Waals surface area contributed by atoms with Crippen LogP contribution in [0.4, 0.5) is 5.69 Å². The van der Waals surface area contributed by atoms with Crippen LogP contribution in [-0.2, 0) is 17.7 Å².